The van der Waals surface area contributed by atoms with E-state index in [0.29, 0.717) is 0 Å². The zero-order valence-electron chi connectivity index (χ0n) is 8.80. The van der Waals surface area contributed by atoms with Crippen LogP contribution in [-0.4, -0.2) is 16.1 Å². The van der Waals surface area contributed by atoms with E-state index in [1.165, 1.54) is 0 Å². The van der Waals surface area contributed by atoms with Gasteiger partial charge < -0.3 is 0 Å². The number of aryl methyl sites for hydroxylation is 1. The number of rotatable bonds is 1. The fourth-order valence-electron chi connectivity index (χ4n) is 1.15. The van der Waals surface area contributed by atoms with Crippen molar-refractivity contribution in [3.05, 3.63) is 22.2 Å². The third-order valence-electron chi connectivity index (χ3n) is 1.91. The monoisotopic (exact) mass is 314 g/mol. The van der Waals surface area contributed by atoms with E-state index in [2.05, 4.69) is 9.97 Å². The van der Waals surface area contributed by atoms with Gasteiger partial charge in [0.25, 0.3) is 0 Å². The Bertz CT molecular complexity index is 493. The van der Waals surface area contributed by atoms with Crippen molar-refractivity contribution in [1.29, 1.82) is 0 Å². The molecule has 1 aromatic rings. The van der Waals surface area contributed by atoms with Crippen molar-refractivity contribution in [1.82, 2.24) is 9.97 Å². The first-order valence-electron chi connectivity index (χ1n) is 4.35. The highest BCUT2D eigenvalue weighted by Crippen LogP contribution is 2.48. The van der Waals surface area contributed by atoms with Gasteiger partial charge in [0.05, 0.1) is 0 Å². The number of alkyl halides is 8. The normalized spacial score (nSPS) is 13.8. The summed E-state index contributed by atoms with van der Waals surface area (Å²) in [6.45, 7) is 0.835. The van der Waals surface area contributed by atoms with Crippen LogP contribution in [0.3, 0.4) is 0 Å². The number of aromatic nitrogens is 2. The Hall–Kier alpha value is -1.19. The molecule has 0 amide bonds. The zero-order valence-corrected chi connectivity index (χ0v) is 9.55. The molecule has 0 saturated carbocycles. The Labute approximate surface area is 105 Å². The number of hydrogen-bond acceptors (Lipinski definition) is 2. The maximum Gasteiger partial charge on any atom is 0.459 e. The van der Waals surface area contributed by atoms with Crippen molar-refractivity contribution in [3.63, 3.8) is 0 Å². The average molecular weight is 315 g/mol. The molecule has 1 rings (SSSR count). The highest BCUT2D eigenvalue weighted by Gasteiger charge is 2.63. The van der Waals surface area contributed by atoms with Gasteiger partial charge in [-0.1, -0.05) is 11.6 Å². The standard InChI is InChI=1S/C8H3ClF8N2/c1-2-18-4(6(10,11)8(15,16)17)3(5(9)19-2)7(12,13)14/h1H3. The van der Waals surface area contributed by atoms with Crippen molar-refractivity contribution < 1.29 is 35.1 Å². The van der Waals surface area contributed by atoms with Gasteiger partial charge in [0.2, 0.25) is 0 Å². The molecule has 0 aromatic carbocycles. The molecule has 0 aliphatic rings. The molecular weight excluding hydrogens is 312 g/mol. The molecular formula is C8H3ClF8N2. The first-order valence-corrected chi connectivity index (χ1v) is 4.72. The van der Waals surface area contributed by atoms with Gasteiger partial charge in [0.15, 0.2) is 0 Å². The zero-order chi connectivity index (χ0) is 15.2. The lowest BCUT2D eigenvalue weighted by atomic mass is 10.1. The van der Waals surface area contributed by atoms with Crippen LogP contribution in [0.25, 0.3) is 0 Å². The van der Waals surface area contributed by atoms with Gasteiger partial charge in [-0.05, 0) is 6.92 Å². The first-order chi connectivity index (χ1) is 8.28. The van der Waals surface area contributed by atoms with Crippen LogP contribution in [0.5, 0.6) is 0 Å². The van der Waals surface area contributed by atoms with Gasteiger partial charge in [-0.2, -0.15) is 35.1 Å². The van der Waals surface area contributed by atoms with Crippen LogP contribution in [-0.2, 0) is 12.1 Å². The molecule has 0 aliphatic heterocycles. The Morgan fingerprint density at radius 3 is 1.74 bits per heavy atom. The summed E-state index contributed by atoms with van der Waals surface area (Å²) in [4.78, 5) is 5.48. The number of halogens is 9. The molecule has 11 heteroatoms. The molecule has 0 spiro atoms. The topological polar surface area (TPSA) is 25.8 Å². The highest BCUT2D eigenvalue weighted by atomic mass is 35.5. The minimum absolute atomic E-state index is 0.739. The molecule has 0 aliphatic carbocycles. The number of hydrogen-bond donors (Lipinski definition) is 0. The molecule has 0 fully saturated rings. The molecule has 0 atom stereocenters. The molecule has 0 radical (unpaired) electrons. The predicted octanol–water partition coefficient (Wildman–Crippen LogP) is 4.11. The van der Waals surface area contributed by atoms with Crippen molar-refractivity contribution in [3.8, 4) is 0 Å². The van der Waals surface area contributed by atoms with Crippen LogP contribution in [0.1, 0.15) is 17.1 Å². The van der Waals surface area contributed by atoms with Crippen LogP contribution >= 0.6 is 11.6 Å². The molecule has 0 bridgehead atoms. The molecule has 1 aromatic heterocycles. The third-order valence-corrected chi connectivity index (χ3v) is 2.19. The molecule has 108 valence electrons. The number of nitrogens with zero attached hydrogens (tertiary/aromatic N) is 2. The molecule has 0 saturated heterocycles. The minimum atomic E-state index is -6.24. The molecule has 1 heterocycles. The van der Waals surface area contributed by atoms with Gasteiger partial charge in [0.1, 0.15) is 22.2 Å². The Balaban J connectivity index is 3.69. The van der Waals surface area contributed by atoms with Crippen molar-refractivity contribution in [2.75, 3.05) is 0 Å². The van der Waals surface area contributed by atoms with E-state index in [4.69, 9.17) is 11.6 Å². The van der Waals surface area contributed by atoms with Crippen molar-refractivity contribution >= 4 is 11.6 Å². The van der Waals surface area contributed by atoms with Crippen molar-refractivity contribution in [2.24, 2.45) is 0 Å². The van der Waals surface area contributed by atoms with E-state index in [0.717, 1.165) is 6.92 Å². The summed E-state index contributed by atoms with van der Waals surface area (Å²) in [7, 11) is 0. The Morgan fingerprint density at radius 1 is 0.895 bits per heavy atom. The van der Waals surface area contributed by atoms with Gasteiger partial charge in [-0.25, -0.2) is 9.97 Å². The fraction of sp³-hybridized carbons (Fsp3) is 0.500. The average Bonchev–Trinajstić information content (AvgIpc) is 2.11. The van der Waals surface area contributed by atoms with Gasteiger partial charge >= 0.3 is 18.3 Å². The van der Waals surface area contributed by atoms with Crippen LogP contribution in [0, 0.1) is 6.92 Å². The second kappa shape index (κ2) is 4.43. The summed E-state index contributed by atoms with van der Waals surface area (Å²) in [5.41, 5.74) is -4.91. The predicted molar refractivity (Wildman–Crippen MR) is 46.7 cm³/mol. The SMILES string of the molecule is Cc1nc(Cl)c(C(F)(F)F)c(C(F)(F)C(F)(F)F)n1. The smallest absolute Gasteiger partial charge is 0.231 e. The van der Waals surface area contributed by atoms with Gasteiger partial charge in [-0.3, -0.25) is 0 Å². The van der Waals surface area contributed by atoms with E-state index in [9.17, 15) is 35.1 Å². The van der Waals surface area contributed by atoms with E-state index in [1.807, 2.05) is 0 Å². The van der Waals surface area contributed by atoms with Crippen LogP contribution < -0.4 is 0 Å². The molecule has 2 nitrogen and oxygen atoms in total. The van der Waals surface area contributed by atoms with E-state index >= 15 is 0 Å². The Kier molecular flexibility index (Phi) is 3.70. The maximum atomic E-state index is 13.0. The van der Waals surface area contributed by atoms with E-state index in [1.54, 1.807) is 0 Å². The maximum absolute atomic E-state index is 13.0. The lowest BCUT2D eigenvalue weighted by molar-refractivity contribution is -0.292. The third kappa shape index (κ3) is 2.88. The Morgan fingerprint density at radius 2 is 1.37 bits per heavy atom. The molecule has 0 N–H and O–H groups in total. The highest BCUT2D eigenvalue weighted by molar-refractivity contribution is 6.30. The summed E-state index contributed by atoms with van der Waals surface area (Å²) in [6, 6.07) is 0. The van der Waals surface area contributed by atoms with E-state index < -0.39 is 40.5 Å². The lowest BCUT2D eigenvalue weighted by Crippen LogP contribution is -2.37. The summed E-state index contributed by atoms with van der Waals surface area (Å²) in [5, 5.41) is -1.51. The van der Waals surface area contributed by atoms with Crippen LogP contribution in [0.2, 0.25) is 5.15 Å². The minimum Gasteiger partial charge on any atom is -0.231 e. The van der Waals surface area contributed by atoms with Crippen molar-refractivity contribution in [2.45, 2.75) is 25.2 Å². The largest absolute Gasteiger partial charge is 0.459 e. The summed E-state index contributed by atoms with van der Waals surface area (Å²) in [5.74, 6) is -6.54. The van der Waals surface area contributed by atoms with Crippen LogP contribution in [0.4, 0.5) is 35.1 Å². The van der Waals surface area contributed by atoms with Gasteiger partial charge in [0, 0.05) is 0 Å². The fourth-order valence-corrected chi connectivity index (χ4v) is 1.47. The molecule has 19 heavy (non-hydrogen) atoms. The summed E-state index contributed by atoms with van der Waals surface area (Å²) >= 11 is 5.00. The lowest BCUT2D eigenvalue weighted by Gasteiger charge is -2.22. The molecule has 0 unspecified atom stereocenters. The second-order valence-electron chi connectivity index (χ2n) is 3.36. The quantitative estimate of drug-likeness (QED) is 0.576. The van der Waals surface area contributed by atoms with E-state index in [-0.39, 0.29) is 0 Å². The summed E-state index contributed by atoms with van der Waals surface area (Å²) < 4.78 is 100.0. The van der Waals surface area contributed by atoms with Crippen LogP contribution in [0.15, 0.2) is 0 Å². The second-order valence-corrected chi connectivity index (χ2v) is 3.71. The summed E-state index contributed by atoms with van der Waals surface area (Å²) in [6.07, 6.45) is -11.8. The first kappa shape index (κ1) is 15.9. The van der Waals surface area contributed by atoms with Gasteiger partial charge in [-0.15, -0.1) is 0 Å².